The van der Waals surface area contributed by atoms with Crippen LogP contribution in [0.5, 0.6) is 0 Å². The molecule has 0 bridgehead atoms. The van der Waals surface area contributed by atoms with Gasteiger partial charge in [0.15, 0.2) is 0 Å². The van der Waals surface area contributed by atoms with Crippen LogP contribution in [0.1, 0.15) is 31.7 Å². The average Bonchev–Trinajstić information content (AvgIpc) is 2.47. The summed E-state index contributed by atoms with van der Waals surface area (Å²) in [6.45, 7) is 4.98. The Hall–Kier alpha value is -0.870. The number of nitrogens with one attached hydrogen (secondary N) is 2. The minimum Gasteiger partial charge on any atom is -0.352 e. The van der Waals surface area contributed by atoms with E-state index in [-0.39, 0.29) is 5.91 Å². The summed E-state index contributed by atoms with van der Waals surface area (Å²) in [6, 6.07) is 8.05. The fourth-order valence-corrected chi connectivity index (χ4v) is 2.96. The van der Waals surface area contributed by atoms with E-state index in [1.54, 1.807) is 0 Å². The molecule has 2 atom stereocenters. The summed E-state index contributed by atoms with van der Waals surface area (Å²) in [4.78, 5) is 12.0. The molecular weight excluding hydrogens is 316 g/mol. The molecule has 0 radical (unpaired) electrons. The Morgan fingerprint density at radius 2 is 2.20 bits per heavy atom. The van der Waals surface area contributed by atoms with E-state index in [1.165, 1.54) is 12.8 Å². The number of hydrogen-bond donors (Lipinski definition) is 2. The molecule has 2 N–H and O–H groups in total. The molecule has 0 spiro atoms. The number of carbonyl (C=O) groups excluding carboxylic acids is 1. The topological polar surface area (TPSA) is 41.1 Å². The van der Waals surface area contributed by atoms with Crippen LogP contribution >= 0.6 is 15.9 Å². The van der Waals surface area contributed by atoms with Crippen molar-refractivity contribution in [3.63, 3.8) is 0 Å². The molecule has 1 fully saturated rings. The molecule has 20 heavy (non-hydrogen) atoms. The Bertz CT molecular complexity index is 427. The Morgan fingerprint density at radius 3 is 2.85 bits per heavy atom. The SMILES string of the molecule is CC(CC(=O)NCc1ccc(Br)cc1)C1CCCNC1. The van der Waals surface area contributed by atoms with Crippen molar-refractivity contribution in [3.8, 4) is 0 Å². The third kappa shape index (κ3) is 4.91. The lowest BCUT2D eigenvalue weighted by Gasteiger charge is -2.28. The summed E-state index contributed by atoms with van der Waals surface area (Å²) in [5.41, 5.74) is 1.13. The van der Waals surface area contributed by atoms with Gasteiger partial charge in [0.25, 0.3) is 0 Å². The number of halogens is 1. The molecule has 1 heterocycles. The summed E-state index contributed by atoms with van der Waals surface area (Å²) in [6.07, 6.45) is 3.10. The van der Waals surface area contributed by atoms with Gasteiger partial charge in [-0.1, -0.05) is 35.0 Å². The number of benzene rings is 1. The lowest BCUT2D eigenvalue weighted by atomic mass is 9.85. The van der Waals surface area contributed by atoms with Gasteiger partial charge in [-0.15, -0.1) is 0 Å². The maximum atomic E-state index is 12.0. The highest BCUT2D eigenvalue weighted by Gasteiger charge is 2.21. The maximum Gasteiger partial charge on any atom is 0.220 e. The quantitative estimate of drug-likeness (QED) is 0.866. The van der Waals surface area contributed by atoms with Crippen LogP contribution in [0.2, 0.25) is 0 Å². The summed E-state index contributed by atoms with van der Waals surface area (Å²) in [7, 11) is 0. The van der Waals surface area contributed by atoms with Gasteiger partial charge in [0, 0.05) is 17.4 Å². The monoisotopic (exact) mass is 338 g/mol. The Balaban J connectivity index is 1.73. The molecular formula is C16H23BrN2O. The van der Waals surface area contributed by atoms with E-state index in [2.05, 4.69) is 33.5 Å². The van der Waals surface area contributed by atoms with Crippen molar-refractivity contribution in [2.45, 2.75) is 32.7 Å². The molecule has 1 saturated heterocycles. The Labute approximate surface area is 129 Å². The fourth-order valence-electron chi connectivity index (χ4n) is 2.70. The van der Waals surface area contributed by atoms with E-state index in [4.69, 9.17) is 0 Å². The third-order valence-electron chi connectivity index (χ3n) is 4.05. The Morgan fingerprint density at radius 1 is 1.45 bits per heavy atom. The zero-order chi connectivity index (χ0) is 14.4. The van der Waals surface area contributed by atoms with Crippen LogP contribution < -0.4 is 10.6 Å². The first-order valence-corrected chi connectivity index (χ1v) is 8.16. The van der Waals surface area contributed by atoms with Crippen LogP contribution in [0.3, 0.4) is 0 Å². The second-order valence-electron chi connectivity index (χ2n) is 5.69. The van der Waals surface area contributed by atoms with Crippen LogP contribution in [0.4, 0.5) is 0 Å². The first-order valence-electron chi connectivity index (χ1n) is 7.37. The largest absolute Gasteiger partial charge is 0.352 e. The molecule has 110 valence electrons. The lowest BCUT2D eigenvalue weighted by Crippen LogP contribution is -2.35. The molecule has 2 rings (SSSR count). The number of piperidine rings is 1. The van der Waals surface area contributed by atoms with Gasteiger partial charge in [0.05, 0.1) is 0 Å². The van der Waals surface area contributed by atoms with E-state index in [9.17, 15) is 4.79 Å². The molecule has 0 aromatic heterocycles. The molecule has 0 saturated carbocycles. The highest BCUT2D eigenvalue weighted by molar-refractivity contribution is 9.10. The van der Waals surface area contributed by atoms with Crippen molar-refractivity contribution >= 4 is 21.8 Å². The van der Waals surface area contributed by atoms with Crippen LogP contribution in [-0.4, -0.2) is 19.0 Å². The molecule has 1 aromatic carbocycles. The number of hydrogen-bond acceptors (Lipinski definition) is 2. The highest BCUT2D eigenvalue weighted by atomic mass is 79.9. The van der Waals surface area contributed by atoms with Gasteiger partial charge in [-0.3, -0.25) is 4.79 Å². The minimum absolute atomic E-state index is 0.158. The van der Waals surface area contributed by atoms with Gasteiger partial charge >= 0.3 is 0 Å². The van der Waals surface area contributed by atoms with Crippen LogP contribution in [0.15, 0.2) is 28.7 Å². The van der Waals surface area contributed by atoms with Crippen molar-refractivity contribution < 1.29 is 4.79 Å². The van der Waals surface area contributed by atoms with Crippen LogP contribution in [-0.2, 0) is 11.3 Å². The minimum atomic E-state index is 0.158. The summed E-state index contributed by atoms with van der Waals surface area (Å²) < 4.78 is 1.06. The van der Waals surface area contributed by atoms with E-state index in [1.807, 2.05) is 24.3 Å². The standard InChI is InChI=1S/C16H23BrN2O/c1-12(14-3-2-8-18-11-14)9-16(20)19-10-13-4-6-15(17)7-5-13/h4-7,12,14,18H,2-3,8-11H2,1H3,(H,19,20). The number of rotatable bonds is 5. The van der Waals surface area contributed by atoms with Gasteiger partial charge < -0.3 is 10.6 Å². The van der Waals surface area contributed by atoms with Crippen molar-refractivity contribution in [2.24, 2.45) is 11.8 Å². The molecule has 3 nitrogen and oxygen atoms in total. The Kier molecular flexibility index (Phi) is 6.05. The maximum absolute atomic E-state index is 12.0. The van der Waals surface area contributed by atoms with Gasteiger partial charge in [-0.05, 0) is 55.5 Å². The summed E-state index contributed by atoms with van der Waals surface area (Å²) >= 11 is 3.41. The fraction of sp³-hybridized carbons (Fsp3) is 0.562. The summed E-state index contributed by atoms with van der Waals surface area (Å²) in [5.74, 6) is 1.25. The number of carbonyl (C=O) groups is 1. The summed E-state index contributed by atoms with van der Waals surface area (Å²) in [5, 5.41) is 6.43. The van der Waals surface area contributed by atoms with Crippen molar-refractivity contribution in [2.75, 3.05) is 13.1 Å². The lowest BCUT2D eigenvalue weighted by molar-refractivity contribution is -0.122. The molecule has 1 aliphatic rings. The molecule has 4 heteroatoms. The number of amides is 1. The second kappa shape index (κ2) is 7.79. The predicted octanol–water partition coefficient (Wildman–Crippen LogP) is 3.09. The molecule has 1 amide bonds. The average molecular weight is 339 g/mol. The van der Waals surface area contributed by atoms with Gasteiger partial charge in [-0.25, -0.2) is 0 Å². The van der Waals surface area contributed by atoms with Crippen molar-refractivity contribution in [1.29, 1.82) is 0 Å². The first-order chi connectivity index (χ1) is 9.65. The first kappa shape index (κ1) is 15.5. The van der Waals surface area contributed by atoms with Gasteiger partial charge in [-0.2, -0.15) is 0 Å². The van der Waals surface area contributed by atoms with E-state index in [0.717, 1.165) is 23.1 Å². The zero-order valence-corrected chi connectivity index (χ0v) is 13.6. The molecule has 1 aliphatic heterocycles. The van der Waals surface area contributed by atoms with Crippen molar-refractivity contribution in [1.82, 2.24) is 10.6 Å². The second-order valence-corrected chi connectivity index (χ2v) is 6.61. The van der Waals surface area contributed by atoms with Gasteiger partial charge in [0.1, 0.15) is 0 Å². The third-order valence-corrected chi connectivity index (χ3v) is 4.58. The normalized spacial score (nSPS) is 20.4. The van der Waals surface area contributed by atoms with Crippen molar-refractivity contribution in [3.05, 3.63) is 34.3 Å². The predicted molar refractivity (Wildman–Crippen MR) is 85.4 cm³/mol. The van der Waals surface area contributed by atoms with Gasteiger partial charge in [0.2, 0.25) is 5.91 Å². The van der Waals surface area contributed by atoms with E-state index in [0.29, 0.717) is 24.8 Å². The van der Waals surface area contributed by atoms with E-state index < -0.39 is 0 Å². The smallest absolute Gasteiger partial charge is 0.220 e. The molecule has 2 unspecified atom stereocenters. The highest BCUT2D eigenvalue weighted by Crippen LogP contribution is 2.22. The molecule has 1 aromatic rings. The van der Waals surface area contributed by atoms with E-state index >= 15 is 0 Å². The van der Waals surface area contributed by atoms with Crippen LogP contribution in [0.25, 0.3) is 0 Å². The zero-order valence-electron chi connectivity index (χ0n) is 12.0. The molecule has 0 aliphatic carbocycles. The van der Waals surface area contributed by atoms with Crippen LogP contribution in [0, 0.1) is 11.8 Å².